The fraction of sp³-hybridized carbons (Fsp3) is 0.500. The van der Waals surface area contributed by atoms with E-state index in [4.69, 9.17) is 16.4 Å². The Kier molecular flexibility index (Phi) is 3.58. The maximum absolute atomic E-state index is 8.97. The number of carbonyl (C=O) groups excluding carboxylic acids is 1. The minimum Gasteiger partial charge on any atom is -0.441 e. The van der Waals surface area contributed by atoms with E-state index < -0.39 is 0 Å². The minimum atomic E-state index is -0.108. The second-order valence-electron chi connectivity index (χ2n) is 0.337. The average Bonchev–Trinajstić information content (AvgIpc) is 1.41. The molecule has 0 aromatic heterocycles. The summed E-state index contributed by atoms with van der Waals surface area (Å²) >= 11 is 4.82. The summed E-state index contributed by atoms with van der Waals surface area (Å²) in [4.78, 5) is 8.97. The number of hydrogen-bond donors (Lipinski definition) is 0. The van der Waals surface area contributed by atoms with E-state index in [1.807, 2.05) is 0 Å². The molecule has 0 saturated carbocycles. The van der Waals surface area contributed by atoms with Crippen LogP contribution in [0.1, 0.15) is 0 Å². The van der Waals surface area contributed by atoms with Gasteiger partial charge in [0, 0.05) is 0 Å². The van der Waals surface area contributed by atoms with Crippen LogP contribution in [0.25, 0.3) is 0 Å². The van der Waals surface area contributed by atoms with Crippen LogP contribution in [-0.4, -0.2) is 12.5 Å². The van der Waals surface area contributed by atoms with E-state index in [0.717, 1.165) is 6.47 Å². The molecule has 0 saturated heterocycles. The van der Waals surface area contributed by atoms with Crippen molar-refractivity contribution in [1.29, 1.82) is 0 Å². The van der Waals surface area contributed by atoms with E-state index in [2.05, 4.69) is 4.74 Å². The molecule has 0 atom stereocenters. The third-order valence-electron chi connectivity index (χ3n) is 0.113. The van der Waals surface area contributed by atoms with Crippen molar-refractivity contribution in [3.63, 3.8) is 0 Å². The molecular formula is C2H2ClO2. The van der Waals surface area contributed by atoms with E-state index in [9.17, 15) is 0 Å². The smallest absolute Gasteiger partial charge is 0.418 e. The van der Waals surface area contributed by atoms with Crippen LogP contribution in [-0.2, 0) is 9.53 Å². The van der Waals surface area contributed by atoms with E-state index in [1.165, 1.54) is 0 Å². The van der Waals surface area contributed by atoms with Crippen LogP contribution in [0.2, 0.25) is 0 Å². The van der Waals surface area contributed by atoms with Gasteiger partial charge in [-0.05, 0) is 0 Å². The summed E-state index contributed by atoms with van der Waals surface area (Å²) in [6.07, 6.45) is 0. The van der Waals surface area contributed by atoms with Gasteiger partial charge in [0.2, 0.25) is 0 Å². The van der Waals surface area contributed by atoms with Gasteiger partial charge in [0.1, 0.15) is 0 Å². The Morgan fingerprint density at radius 2 is 2.60 bits per heavy atom. The van der Waals surface area contributed by atoms with Gasteiger partial charge in [-0.1, -0.05) is 11.6 Å². The molecule has 0 aliphatic heterocycles. The Bertz CT molecular complexity index is 28.8. The molecule has 0 unspecified atom stereocenters. The standard InChI is InChI=1S/C2H2ClO2/c3-1-5-2-4/h1H2. The van der Waals surface area contributed by atoms with Gasteiger partial charge < -0.3 is 4.74 Å². The summed E-state index contributed by atoms with van der Waals surface area (Å²) in [7, 11) is 0. The normalized spacial score (nSPS) is 6.60. The molecule has 0 bridgehead atoms. The second-order valence-corrected chi connectivity index (χ2v) is 0.555. The first-order valence-electron chi connectivity index (χ1n) is 0.964. The molecule has 3 heteroatoms. The molecule has 0 spiro atoms. The molecule has 0 aliphatic carbocycles. The summed E-state index contributed by atoms with van der Waals surface area (Å²) in [6, 6.07) is -0.108. The van der Waals surface area contributed by atoms with Crippen LogP contribution in [0, 0.1) is 0 Å². The molecule has 0 heterocycles. The Hall–Kier alpha value is -0.240. The molecule has 29 valence electrons. The van der Waals surface area contributed by atoms with Gasteiger partial charge >= 0.3 is 6.47 Å². The summed E-state index contributed by atoms with van der Waals surface area (Å²) in [5.74, 6) is 0. The average molecular weight is 93.5 g/mol. The number of halogens is 1. The van der Waals surface area contributed by atoms with Gasteiger partial charge in [0.25, 0.3) is 0 Å². The zero-order chi connectivity index (χ0) is 4.12. The van der Waals surface area contributed by atoms with Crippen molar-refractivity contribution < 1.29 is 9.53 Å². The highest BCUT2D eigenvalue weighted by Crippen LogP contribution is 1.68. The second kappa shape index (κ2) is 3.76. The third-order valence-corrected chi connectivity index (χ3v) is 0.223. The maximum atomic E-state index is 8.97. The zero-order valence-corrected chi connectivity index (χ0v) is 3.16. The number of rotatable bonds is 2. The van der Waals surface area contributed by atoms with Gasteiger partial charge in [-0.2, -0.15) is 0 Å². The molecule has 1 radical (unpaired) electrons. The molecule has 5 heavy (non-hydrogen) atoms. The van der Waals surface area contributed by atoms with Gasteiger partial charge in [-0.15, -0.1) is 0 Å². The predicted octanol–water partition coefficient (Wildman–Crippen LogP) is 0.266. The molecule has 0 amide bonds. The SMILES string of the molecule is O=[C]OCCl. The summed E-state index contributed by atoms with van der Waals surface area (Å²) in [5, 5.41) is 0. The van der Waals surface area contributed by atoms with E-state index >= 15 is 0 Å². The van der Waals surface area contributed by atoms with Crippen molar-refractivity contribution in [3.8, 4) is 0 Å². The highest BCUT2D eigenvalue weighted by Gasteiger charge is 1.66. The van der Waals surface area contributed by atoms with Crippen LogP contribution < -0.4 is 0 Å². The van der Waals surface area contributed by atoms with Crippen molar-refractivity contribution in [3.05, 3.63) is 0 Å². The highest BCUT2D eigenvalue weighted by molar-refractivity contribution is 6.17. The molecule has 2 nitrogen and oxygen atoms in total. The molecule has 0 aromatic carbocycles. The summed E-state index contributed by atoms with van der Waals surface area (Å²) in [5.41, 5.74) is 0. The first-order valence-corrected chi connectivity index (χ1v) is 1.50. The maximum Gasteiger partial charge on any atom is 0.418 e. The van der Waals surface area contributed by atoms with E-state index in [-0.39, 0.29) is 6.07 Å². The number of ether oxygens (including phenoxy) is 1. The van der Waals surface area contributed by atoms with Crippen molar-refractivity contribution in [1.82, 2.24) is 0 Å². The van der Waals surface area contributed by atoms with Gasteiger partial charge in [-0.25, -0.2) is 4.79 Å². The predicted molar refractivity (Wildman–Crippen MR) is 17.5 cm³/mol. The van der Waals surface area contributed by atoms with Crippen molar-refractivity contribution in [2.75, 3.05) is 6.07 Å². The Morgan fingerprint density at radius 3 is 2.60 bits per heavy atom. The Morgan fingerprint density at radius 1 is 2.00 bits per heavy atom. The minimum absolute atomic E-state index is 0.108. The molecule has 0 rings (SSSR count). The quantitative estimate of drug-likeness (QED) is 0.458. The lowest BCUT2D eigenvalue weighted by Crippen LogP contribution is -1.77. The monoisotopic (exact) mass is 93.0 g/mol. The van der Waals surface area contributed by atoms with Crippen molar-refractivity contribution in [2.24, 2.45) is 0 Å². The molecular weight excluding hydrogens is 91.5 g/mol. The van der Waals surface area contributed by atoms with Crippen LogP contribution in [0.5, 0.6) is 0 Å². The third kappa shape index (κ3) is 3.76. The van der Waals surface area contributed by atoms with E-state index in [0.29, 0.717) is 0 Å². The Labute approximate surface area is 34.7 Å². The highest BCUT2D eigenvalue weighted by atomic mass is 35.5. The fourth-order valence-corrected chi connectivity index (χ4v) is 0.0668. The molecule has 0 N–H and O–H groups in total. The Balaban J connectivity index is 2.40. The van der Waals surface area contributed by atoms with Crippen LogP contribution in [0.3, 0.4) is 0 Å². The fourth-order valence-electron chi connectivity index (χ4n) is 0.0223. The van der Waals surface area contributed by atoms with Crippen LogP contribution in [0.15, 0.2) is 0 Å². The molecule has 0 fully saturated rings. The van der Waals surface area contributed by atoms with Crippen molar-refractivity contribution in [2.45, 2.75) is 0 Å². The molecule has 0 aromatic rings. The summed E-state index contributed by atoms with van der Waals surface area (Å²) < 4.78 is 3.79. The van der Waals surface area contributed by atoms with E-state index in [1.54, 1.807) is 0 Å². The number of alkyl halides is 1. The largest absolute Gasteiger partial charge is 0.441 e. The zero-order valence-electron chi connectivity index (χ0n) is 2.40. The van der Waals surface area contributed by atoms with Gasteiger partial charge in [0.05, 0.1) is 0 Å². The first-order chi connectivity index (χ1) is 2.41. The lowest BCUT2D eigenvalue weighted by molar-refractivity contribution is 0.333. The van der Waals surface area contributed by atoms with Crippen molar-refractivity contribution >= 4 is 18.1 Å². The van der Waals surface area contributed by atoms with Gasteiger partial charge in [-0.3, -0.25) is 0 Å². The first kappa shape index (κ1) is 4.76. The number of hydrogen-bond acceptors (Lipinski definition) is 2. The molecule has 0 aliphatic rings. The lowest BCUT2D eigenvalue weighted by atomic mass is 11.5. The summed E-state index contributed by atoms with van der Waals surface area (Å²) in [6.45, 7) is 1.14. The van der Waals surface area contributed by atoms with Crippen LogP contribution in [0.4, 0.5) is 0 Å². The van der Waals surface area contributed by atoms with Gasteiger partial charge in [0.15, 0.2) is 6.07 Å². The topological polar surface area (TPSA) is 26.3 Å². The van der Waals surface area contributed by atoms with Crippen LogP contribution >= 0.6 is 11.6 Å². The lowest BCUT2D eigenvalue weighted by Gasteiger charge is -1.75.